The second-order valence-corrected chi connectivity index (χ2v) is 5.67. The Balaban J connectivity index is 2.01. The second-order valence-electron chi connectivity index (χ2n) is 5.67. The van der Waals surface area contributed by atoms with Crippen LogP contribution in [0.4, 0.5) is 5.95 Å². The third kappa shape index (κ3) is 2.95. The molecule has 0 amide bonds. The summed E-state index contributed by atoms with van der Waals surface area (Å²) in [4.78, 5) is 33.4. The van der Waals surface area contributed by atoms with Crippen molar-refractivity contribution in [2.24, 2.45) is 0 Å². The minimum Gasteiger partial charge on any atom is -0.480 e. The van der Waals surface area contributed by atoms with Gasteiger partial charge in [0, 0.05) is 0 Å². The zero-order chi connectivity index (χ0) is 18.3. The molecule has 136 valence electrons. The van der Waals surface area contributed by atoms with Crippen LogP contribution in [-0.2, 0) is 9.53 Å². The molecule has 1 aliphatic heterocycles. The van der Waals surface area contributed by atoms with E-state index in [2.05, 4.69) is 20.3 Å². The number of H-pyrrole nitrogens is 1. The van der Waals surface area contributed by atoms with Crippen LogP contribution in [0.3, 0.4) is 0 Å². The number of nitrogens with one attached hydrogen (secondary N) is 2. The molecular formula is C13H17N5O7. The first-order valence-corrected chi connectivity index (χ1v) is 7.42. The van der Waals surface area contributed by atoms with E-state index in [0.717, 1.165) is 0 Å². The summed E-state index contributed by atoms with van der Waals surface area (Å²) in [5.74, 6) is -1.24. The van der Waals surface area contributed by atoms with Gasteiger partial charge in [0.2, 0.25) is 5.95 Å². The standard InChI is InChI=1S/C13H17N5O7/c1-4(12(23)24)15-13-16-9-6(10(22)17-13)14-3-18(9)11-8(21)7(20)5(2-19)25-11/h3-5,7-8,11,19-21H,2H2,1H3,(H,23,24)(H2,15,16,17,22)/t4-,5-,7-,8-,11-/m1/s1. The van der Waals surface area contributed by atoms with E-state index in [9.17, 15) is 19.8 Å². The first-order valence-electron chi connectivity index (χ1n) is 7.42. The number of carbonyl (C=O) groups is 1. The van der Waals surface area contributed by atoms with Gasteiger partial charge in [0.1, 0.15) is 24.4 Å². The highest BCUT2D eigenvalue weighted by Gasteiger charge is 2.44. The molecule has 6 N–H and O–H groups in total. The van der Waals surface area contributed by atoms with E-state index in [-0.39, 0.29) is 17.1 Å². The fourth-order valence-corrected chi connectivity index (χ4v) is 2.56. The van der Waals surface area contributed by atoms with Gasteiger partial charge in [-0.15, -0.1) is 0 Å². The molecule has 1 aliphatic rings. The molecule has 12 heteroatoms. The zero-order valence-electron chi connectivity index (χ0n) is 13.0. The number of aromatic nitrogens is 4. The van der Waals surface area contributed by atoms with Gasteiger partial charge in [0.25, 0.3) is 5.56 Å². The van der Waals surface area contributed by atoms with Gasteiger partial charge < -0.3 is 30.5 Å². The number of aliphatic carboxylic acids is 1. The SMILES string of the molecule is C[C@@H](Nc1nc2c(ncn2[C@@H]2O[C@H](CO)[C@@H](O)[C@H]2O)c(=O)[nH]1)C(=O)O. The van der Waals surface area contributed by atoms with Crippen LogP contribution in [0.25, 0.3) is 11.2 Å². The summed E-state index contributed by atoms with van der Waals surface area (Å²) in [5.41, 5.74) is -0.638. The van der Waals surface area contributed by atoms with E-state index in [1.165, 1.54) is 17.8 Å². The lowest BCUT2D eigenvalue weighted by Gasteiger charge is -2.17. The topological polar surface area (TPSA) is 183 Å². The average molecular weight is 355 g/mol. The third-order valence-corrected chi connectivity index (χ3v) is 3.95. The number of hydrogen-bond donors (Lipinski definition) is 6. The number of carboxylic acids is 1. The Morgan fingerprint density at radius 2 is 2.20 bits per heavy atom. The normalized spacial score (nSPS) is 27.5. The van der Waals surface area contributed by atoms with Crippen molar-refractivity contribution in [3.8, 4) is 0 Å². The van der Waals surface area contributed by atoms with Crippen LogP contribution in [0.1, 0.15) is 13.2 Å². The number of aliphatic hydroxyl groups is 3. The molecular weight excluding hydrogens is 338 g/mol. The Labute approximate surface area is 139 Å². The number of aromatic amines is 1. The van der Waals surface area contributed by atoms with Gasteiger partial charge in [-0.2, -0.15) is 4.98 Å². The summed E-state index contributed by atoms with van der Waals surface area (Å²) >= 11 is 0. The van der Waals surface area contributed by atoms with Crippen molar-refractivity contribution < 1.29 is 30.0 Å². The Morgan fingerprint density at radius 3 is 2.80 bits per heavy atom. The van der Waals surface area contributed by atoms with E-state index in [4.69, 9.17) is 14.9 Å². The minimum atomic E-state index is -1.37. The lowest BCUT2D eigenvalue weighted by molar-refractivity contribution is -0.137. The number of fused-ring (bicyclic) bond motifs is 1. The van der Waals surface area contributed by atoms with Gasteiger partial charge in [0.05, 0.1) is 12.9 Å². The van der Waals surface area contributed by atoms with Crippen LogP contribution in [0.2, 0.25) is 0 Å². The lowest BCUT2D eigenvalue weighted by atomic mass is 10.1. The number of anilines is 1. The van der Waals surface area contributed by atoms with Gasteiger partial charge in [0.15, 0.2) is 17.4 Å². The molecule has 25 heavy (non-hydrogen) atoms. The molecule has 0 bridgehead atoms. The molecule has 2 aromatic heterocycles. The van der Waals surface area contributed by atoms with Crippen molar-refractivity contribution in [1.82, 2.24) is 19.5 Å². The predicted octanol–water partition coefficient (Wildman–Crippen LogP) is -2.38. The molecule has 0 unspecified atom stereocenters. The Morgan fingerprint density at radius 1 is 1.48 bits per heavy atom. The van der Waals surface area contributed by atoms with Gasteiger partial charge in [-0.25, -0.2) is 4.98 Å². The van der Waals surface area contributed by atoms with Crippen molar-refractivity contribution in [3.05, 3.63) is 16.7 Å². The molecule has 5 atom stereocenters. The molecule has 1 fully saturated rings. The maximum Gasteiger partial charge on any atom is 0.325 e. The summed E-state index contributed by atoms with van der Waals surface area (Å²) in [7, 11) is 0. The fraction of sp³-hybridized carbons (Fsp3) is 0.538. The quantitative estimate of drug-likeness (QED) is 0.338. The molecule has 2 aromatic rings. The fourth-order valence-electron chi connectivity index (χ4n) is 2.56. The summed E-state index contributed by atoms with van der Waals surface area (Å²) < 4.78 is 6.63. The van der Waals surface area contributed by atoms with Crippen molar-refractivity contribution in [2.45, 2.75) is 37.5 Å². The Kier molecular flexibility index (Phi) is 4.43. The van der Waals surface area contributed by atoms with E-state index >= 15 is 0 Å². The van der Waals surface area contributed by atoms with Crippen LogP contribution in [0.5, 0.6) is 0 Å². The molecule has 0 aliphatic carbocycles. The van der Waals surface area contributed by atoms with Crippen molar-refractivity contribution in [2.75, 3.05) is 11.9 Å². The van der Waals surface area contributed by atoms with E-state index < -0.39 is 48.7 Å². The third-order valence-electron chi connectivity index (χ3n) is 3.95. The highest BCUT2D eigenvalue weighted by atomic mass is 16.6. The number of ether oxygens (including phenoxy) is 1. The summed E-state index contributed by atoms with van der Waals surface area (Å²) in [6, 6.07) is -1.01. The van der Waals surface area contributed by atoms with Gasteiger partial charge in [-0.1, -0.05) is 0 Å². The van der Waals surface area contributed by atoms with Crippen molar-refractivity contribution in [3.63, 3.8) is 0 Å². The number of aliphatic hydroxyl groups excluding tert-OH is 3. The van der Waals surface area contributed by atoms with E-state index in [1.807, 2.05) is 0 Å². The molecule has 0 aromatic carbocycles. The molecule has 1 saturated heterocycles. The molecule has 0 spiro atoms. The molecule has 0 saturated carbocycles. The van der Waals surface area contributed by atoms with Crippen LogP contribution < -0.4 is 10.9 Å². The monoisotopic (exact) mass is 355 g/mol. The number of hydrogen-bond acceptors (Lipinski definition) is 9. The summed E-state index contributed by atoms with van der Waals surface area (Å²) in [6.07, 6.45) is -3.60. The number of nitrogens with zero attached hydrogens (tertiary/aromatic N) is 3. The lowest BCUT2D eigenvalue weighted by Crippen LogP contribution is -2.33. The number of carboxylic acid groups (broad SMARTS) is 1. The summed E-state index contributed by atoms with van der Waals surface area (Å²) in [6.45, 7) is 0.869. The van der Waals surface area contributed by atoms with Crippen LogP contribution >= 0.6 is 0 Å². The van der Waals surface area contributed by atoms with Crippen LogP contribution in [0, 0.1) is 0 Å². The van der Waals surface area contributed by atoms with Gasteiger partial charge in [-0.05, 0) is 6.92 Å². The second kappa shape index (κ2) is 6.40. The highest BCUT2D eigenvalue weighted by molar-refractivity contribution is 5.77. The summed E-state index contributed by atoms with van der Waals surface area (Å²) in [5, 5.41) is 40.6. The molecule has 3 rings (SSSR count). The number of rotatable bonds is 5. The van der Waals surface area contributed by atoms with Crippen molar-refractivity contribution in [1.29, 1.82) is 0 Å². The minimum absolute atomic E-state index is 0.0266. The molecule has 12 nitrogen and oxygen atoms in total. The maximum absolute atomic E-state index is 12.1. The molecule has 0 radical (unpaired) electrons. The maximum atomic E-state index is 12.1. The first kappa shape index (κ1) is 17.3. The largest absolute Gasteiger partial charge is 0.480 e. The smallest absolute Gasteiger partial charge is 0.325 e. The zero-order valence-corrected chi connectivity index (χ0v) is 13.0. The van der Waals surface area contributed by atoms with Gasteiger partial charge in [-0.3, -0.25) is 19.1 Å². The average Bonchev–Trinajstić information content (AvgIpc) is 3.10. The predicted molar refractivity (Wildman–Crippen MR) is 81.9 cm³/mol. The first-order chi connectivity index (χ1) is 11.8. The van der Waals surface area contributed by atoms with Crippen molar-refractivity contribution >= 4 is 23.1 Å². The van der Waals surface area contributed by atoms with E-state index in [1.54, 1.807) is 0 Å². The van der Waals surface area contributed by atoms with Crippen LogP contribution in [0.15, 0.2) is 11.1 Å². The Bertz CT molecular complexity index is 849. The Hall–Kier alpha value is -2.54. The van der Waals surface area contributed by atoms with Gasteiger partial charge >= 0.3 is 5.97 Å². The van der Waals surface area contributed by atoms with E-state index in [0.29, 0.717) is 0 Å². The highest BCUT2D eigenvalue weighted by Crippen LogP contribution is 2.30. The number of imidazole rings is 1. The molecule has 3 heterocycles. The van der Waals surface area contributed by atoms with Crippen LogP contribution in [-0.4, -0.2) is 76.9 Å².